The lowest BCUT2D eigenvalue weighted by Gasteiger charge is -2.42. The molecule has 1 aliphatic carbocycles. The minimum Gasteiger partial charge on any atom is -0.324 e. The highest BCUT2D eigenvalue weighted by atomic mass is 35.5. The highest BCUT2D eigenvalue weighted by Crippen LogP contribution is 2.70. The molecule has 1 amide bonds. The van der Waals surface area contributed by atoms with Gasteiger partial charge < -0.3 is 5.32 Å². The van der Waals surface area contributed by atoms with Gasteiger partial charge in [0.1, 0.15) is 5.41 Å². The zero-order valence-corrected chi connectivity index (χ0v) is 19.5. The lowest BCUT2D eigenvalue weighted by atomic mass is 9.57. The summed E-state index contributed by atoms with van der Waals surface area (Å²) in [5.41, 5.74) is -0.191. The van der Waals surface area contributed by atoms with Crippen molar-refractivity contribution in [1.82, 2.24) is 4.90 Å². The van der Waals surface area contributed by atoms with Crippen molar-refractivity contribution in [2.45, 2.75) is 17.5 Å². The number of hydrogen-bond acceptors (Lipinski definition) is 5. The molecule has 2 fully saturated rings. The number of nitrogens with one attached hydrogen (secondary N) is 1. The van der Waals surface area contributed by atoms with Crippen LogP contribution in [0.2, 0.25) is 5.02 Å². The van der Waals surface area contributed by atoms with Crippen LogP contribution in [0.4, 0.5) is 5.69 Å². The number of Topliss-reactive ketones (excluding diaryl/α,β-unsaturated/α-hetero) is 2. The SMILES string of the molecule is O=C1c2ccccc2C(=O)C12[C@@H](c1ccccc1)[C@@H]1CSCN1[C@@]21C(=O)Nc2ccc(Cl)cc21. The Bertz CT molecular complexity index is 1390. The lowest BCUT2D eigenvalue weighted by Crippen LogP contribution is -2.60. The first-order valence-electron chi connectivity index (χ1n) is 11.2. The summed E-state index contributed by atoms with van der Waals surface area (Å²) in [6, 6.07) is 21.8. The molecule has 2 saturated heterocycles. The van der Waals surface area contributed by atoms with Crippen LogP contribution in [0.15, 0.2) is 72.8 Å². The molecule has 2 spiro atoms. The number of carbonyl (C=O) groups is 3. The van der Waals surface area contributed by atoms with Gasteiger partial charge in [-0.25, -0.2) is 0 Å². The third kappa shape index (κ3) is 2.11. The van der Waals surface area contributed by atoms with Crippen molar-refractivity contribution in [1.29, 1.82) is 0 Å². The van der Waals surface area contributed by atoms with E-state index < -0.39 is 16.9 Å². The molecule has 4 aliphatic rings. The maximum atomic E-state index is 14.6. The maximum Gasteiger partial charge on any atom is 0.251 e. The van der Waals surface area contributed by atoms with E-state index in [-0.39, 0.29) is 23.5 Å². The third-order valence-electron chi connectivity index (χ3n) is 8.01. The molecule has 168 valence electrons. The molecule has 3 aromatic rings. The summed E-state index contributed by atoms with van der Waals surface area (Å²) in [6.45, 7) is 0. The molecule has 0 bridgehead atoms. The van der Waals surface area contributed by atoms with Crippen LogP contribution in [-0.2, 0) is 10.3 Å². The van der Waals surface area contributed by atoms with E-state index in [9.17, 15) is 14.4 Å². The number of benzene rings is 3. The summed E-state index contributed by atoms with van der Waals surface area (Å²) in [7, 11) is 0. The van der Waals surface area contributed by atoms with Gasteiger partial charge in [0.25, 0.3) is 5.91 Å². The molecule has 3 heterocycles. The first-order valence-corrected chi connectivity index (χ1v) is 12.8. The molecule has 0 unspecified atom stereocenters. The number of anilines is 1. The summed E-state index contributed by atoms with van der Waals surface area (Å²) < 4.78 is 0. The Kier molecular flexibility index (Phi) is 4.10. The molecule has 1 N–H and O–H groups in total. The lowest BCUT2D eigenvalue weighted by molar-refractivity contribution is -0.129. The second-order valence-corrected chi connectivity index (χ2v) is 10.7. The van der Waals surface area contributed by atoms with Crippen molar-refractivity contribution < 1.29 is 14.4 Å². The Hall–Kier alpha value is -2.93. The summed E-state index contributed by atoms with van der Waals surface area (Å²) in [5, 5.41) is 3.47. The van der Waals surface area contributed by atoms with E-state index in [0.29, 0.717) is 33.3 Å². The standard InChI is InChI=1S/C27H19ClN2O3S/c28-16-10-11-20-19(12-16)27(25(33)29-20)26(23(31)17-8-4-5-9-18(17)24(26)32)22(15-6-2-1-3-7-15)21-13-34-14-30(21)27/h1-12,21-22H,13-14H2,(H,29,33)/t21-,22-,27-/m0/s1. The fraction of sp³-hybridized carbons (Fsp3) is 0.222. The quantitative estimate of drug-likeness (QED) is 0.504. The van der Waals surface area contributed by atoms with E-state index >= 15 is 0 Å². The molecule has 34 heavy (non-hydrogen) atoms. The first-order chi connectivity index (χ1) is 16.5. The summed E-state index contributed by atoms with van der Waals surface area (Å²) >= 11 is 8.18. The Morgan fingerprint density at radius 2 is 1.59 bits per heavy atom. The molecular weight excluding hydrogens is 468 g/mol. The monoisotopic (exact) mass is 486 g/mol. The largest absolute Gasteiger partial charge is 0.324 e. The van der Waals surface area contributed by atoms with E-state index in [1.54, 1.807) is 54.2 Å². The molecule has 3 aliphatic heterocycles. The predicted octanol–water partition coefficient (Wildman–Crippen LogP) is 4.73. The van der Waals surface area contributed by atoms with Crippen LogP contribution in [0.3, 0.4) is 0 Å². The summed E-state index contributed by atoms with van der Waals surface area (Å²) in [6.07, 6.45) is 0. The van der Waals surface area contributed by atoms with Gasteiger partial charge in [0.15, 0.2) is 17.1 Å². The molecule has 0 radical (unpaired) electrons. The van der Waals surface area contributed by atoms with Crippen LogP contribution < -0.4 is 5.32 Å². The topological polar surface area (TPSA) is 66.5 Å². The zero-order valence-electron chi connectivity index (χ0n) is 18.0. The maximum absolute atomic E-state index is 14.6. The molecule has 7 heteroatoms. The highest BCUT2D eigenvalue weighted by molar-refractivity contribution is 7.99. The highest BCUT2D eigenvalue weighted by Gasteiger charge is 2.82. The van der Waals surface area contributed by atoms with Crippen LogP contribution in [0, 0.1) is 5.41 Å². The second-order valence-electron chi connectivity index (χ2n) is 9.29. The Balaban J connectivity index is 1.64. The smallest absolute Gasteiger partial charge is 0.251 e. The van der Waals surface area contributed by atoms with E-state index in [4.69, 9.17) is 11.6 Å². The van der Waals surface area contributed by atoms with Crippen LogP contribution >= 0.6 is 23.4 Å². The molecule has 5 nitrogen and oxygen atoms in total. The average molecular weight is 487 g/mol. The second kappa shape index (κ2) is 6.81. The minimum absolute atomic E-state index is 0.162. The van der Waals surface area contributed by atoms with Gasteiger partial charge in [-0.2, -0.15) is 0 Å². The third-order valence-corrected chi connectivity index (χ3v) is 9.28. The minimum atomic E-state index is -1.62. The van der Waals surface area contributed by atoms with Crippen molar-refractivity contribution in [2.24, 2.45) is 5.41 Å². The fourth-order valence-corrected chi connectivity index (χ4v) is 8.38. The number of nitrogens with zero attached hydrogens (tertiary/aromatic N) is 1. The molecular formula is C27H19ClN2O3S. The number of carbonyl (C=O) groups excluding carboxylic acids is 3. The van der Waals surface area contributed by atoms with Gasteiger partial charge in [0.05, 0.1) is 0 Å². The van der Waals surface area contributed by atoms with E-state index in [0.717, 1.165) is 11.3 Å². The van der Waals surface area contributed by atoms with Gasteiger partial charge in [-0.05, 0) is 23.8 Å². The number of halogens is 1. The van der Waals surface area contributed by atoms with Gasteiger partial charge in [0, 0.05) is 51.0 Å². The number of fused-ring (bicyclic) bond motifs is 6. The van der Waals surface area contributed by atoms with Gasteiger partial charge in [0.2, 0.25) is 0 Å². The van der Waals surface area contributed by atoms with Crippen molar-refractivity contribution in [2.75, 3.05) is 16.9 Å². The Labute approximate surface area is 205 Å². The van der Waals surface area contributed by atoms with E-state index in [1.165, 1.54) is 0 Å². The number of amides is 1. The van der Waals surface area contributed by atoms with Gasteiger partial charge in [-0.3, -0.25) is 19.3 Å². The van der Waals surface area contributed by atoms with Gasteiger partial charge in [-0.1, -0.05) is 66.2 Å². The molecule has 7 rings (SSSR count). The van der Waals surface area contributed by atoms with Crippen molar-refractivity contribution in [3.8, 4) is 0 Å². The Morgan fingerprint density at radius 1 is 0.912 bits per heavy atom. The van der Waals surface area contributed by atoms with Crippen molar-refractivity contribution >= 4 is 46.5 Å². The molecule has 0 saturated carbocycles. The van der Waals surface area contributed by atoms with Crippen LogP contribution in [0.1, 0.15) is 37.8 Å². The number of ketones is 2. The van der Waals surface area contributed by atoms with Crippen LogP contribution in [-0.4, -0.2) is 40.0 Å². The Morgan fingerprint density at radius 3 is 2.29 bits per heavy atom. The number of rotatable bonds is 1. The molecule has 3 atom stereocenters. The van der Waals surface area contributed by atoms with Gasteiger partial charge in [-0.15, -0.1) is 11.8 Å². The molecule has 0 aromatic heterocycles. The predicted molar refractivity (Wildman–Crippen MR) is 131 cm³/mol. The number of thioether (sulfide) groups is 1. The fourth-order valence-electron chi connectivity index (χ4n) is 6.91. The van der Waals surface area contributed by atoms with Crippen molar-refractivity contribution in [3.05, 3.63) is 100 Å². The van der Waals surface area contributed by atoms with E-state index in [2.05, 4.69) is 10.2 Å². The normalized spacial score (nSPS) is 28.4. The van der Waals surface area contributed by atoms with Crippen LogP contribution in [0.5, 0.6) is 0 Å². The van der Waals surface area contributed by atoms with E-state index in [1.807, 2.05) is 30.3 Å². The summed E-state index contributed by atoms with van der Waals surface area (Å²) in [4.78, 5) is 45.4. The summed E-state index contributed by atoms with van der Waals surface area (Å²) in [5.74, 6) is -0.0829. The number of hydrogen-bond donors (Lipinski definition) is 1. The first kappa shape index (κ1) is 20.4. The molecule has 3 aromatic carbocycles. The average Bonchev–Trinajstić information content (AvgIpc) is 3.55. The van der Waals surface area contributed by atoms with Crippen LogP contribution in [0.25, 0.3) is 0 Å². The van der Waals surface area contributed by atoms with Gasteiger partial charge >= 0.3 is 0 Å². The zero-order chi connectivity index (χ0) is 23.2. The van der Waals surface area contributed by atoms with Crippen molar-refractivity contribution in [3.63, 3.8) is 0 Å².